The van der Waals surface area contributed by atoms with Gasteiger partial charge in [0.05, 0.1) is 23.2 Å². The first kappa shape index (κ1) is 13.1. The molecular formula is C12H9BrClN5O. The molecule has 0 bridgehead atoms. The fourth-order valence-electron chi connectivity index (χ4n) is 1.78. The highest BCUT2D eigenvalue weighted by Crippen LogP contribution is 2.30. The topological polar surface area (TPSA) is 75.7 Å². The van der Waals surface area contributed by atoms with Crippen LogP contribution < -0.4 is 10.1 Å². The Hall–Kier alpha value is -1.86. The van der Waals surface area contributed by atoms with Gasteiger partial charge in [-0.3, -0.25) is 5.10 Å². The highest BCUT2D eigenvalue weighted by atomic mass is 79.9. The van der Waals surface area contributed by atoms with Gasteiger partial charge in [-0.05, 0) is 39.7 Å². The molecule has 0 saturated heterocycles. The molecule has 6 nitrogen and oxygen atoms in total. The molecule has 0 radical (unpaired) electrons. The van der Waals surface area contributed by atoms with E-state index in [0.29, 0.717) is 11.5 Å². The third kappa shape index (κ3) is 2.41. The summed E-state index contributed by atoms with van der Waals surface area (Å²) in [5, 5.41) is 10.8. The lowest BCUT2D eigenvalue weighted by molar-refractivity contribution is 0.412. The number of benzene rings is 1. The lowest BCUT2D eigenvalue weighted by Gasteiger charge is -2.09. The van der Waals surface area contributed by atoms with Crippen molar-refractivity contribution in [1.29, 1.82) is 0 Å². The third-order valence-corrected chi connectivity index (χ3v) is 3.52. The molecule has 0 fully saturated rings. The first-order valence-electron chi connectivity index (χ1n) is 5.64. The highest BCUT2D eigenvalue weighted by Gasteiger charge is 2.09. The minimum atomic E-state index is 0.147. The van der Waals surface area contributed by atoms with E-state index in [0.717, 1.165) is 21.3 Å². The Morgan fingerprint density at radius 1 is 1.35 bits per heavy atom. The van der Waals surface area contributed by atoms with Crippen LogP contribution in [0.4, 0.5) is 11.5 Å². The quantitative estimate of drug-likeness (QED) is 0.704. The van der Waals surface area contributed by atoms with Crippen molar-refractivity contribution in [2.24, 2.45) is 0 Å². The van der Waals surface area contributed by atoms with Crippen molar-refractivity contribution in [3.63, 3.8) is 0 Å². The number of nitrogens with zero attached hydrogens (tertiary/aromatic N) is 3. The molecule has 0 saturated carbocycles. The van der Waals surface area contributed by atoms with E-state index >= 15 is 0 Å². The molecule has 0 aliphatic heterocycles. The number of aromatic amines is 1. The second-order valence-electron chi connectivity index (χ2n) is 3.95. The highest BCUT2D eigenvalue weighted by molar-refractivity contribution is 9.10. The fourth-order valence-corrected chi connectivity index (χ4v) is 2.35. The maximum absolute atomic E-state index is 5.89. The molecular weight excluding hydrogens is 346 g/mol. The Kier molecular flexibility index (Phi) is 3.45. The molecule has 0 spiro atoms. The van der Waals surface area contributed by atoms with Gasteiger partial charge in [0.1, 0.15) is 11.6 Å². The molecule has 0 aliphatic carbocycles. The second-order valence-corrected chi connectivity index (χ2v) is 5.14. The van der Waals surface area contributed by atoms with Crippen molar-refractivity contribution in [1.82, 2.24) is 20.2 Å². The Balaban J connectivity index is 2.02. The van der Waals surface area contributed by atoms with Crippen molar-refractivity contribution in [2.75, 3.05) is 12.4 Å². The maximum atomic E-state index is 5.89. The largest absolute Gasteiger partial charge is 0.495 e. The summed E-state index contributed by atoms with van der Waals surface area (Å²) < 4.78 is 6.13. The minimum Gasteiger partial charge on any atom is -0.495 e. The molecule has 20 heavy (non-hydrogen) atoms. The summed E-state index contributed by atoms with van der Waals surface area (Å²) in [6.07, 6.45) is 1.64. The summed E-state index contributed by atoms with van der Waals surface area (Å²) in [7, 11) is 1.61. The van der Waals surface area contributed by atoms with Crippen LogP contribution in [0.25, 0.3) is 11.0 Å². The Morgan fingerprint density at radius 3 is 3.00 bits per heavy atom. The van der Waals surface area contributed by atoms with E-state index in [1.165, 1.54) is 0 Å². The van der Waals surface area contributed by atoms with Crippen LogP contribution in [-0.2, 0) is 0 Å². The van der Waals surface area contributed by atoms with Crippen LogP contribution in [0.2, 0.25) is 5.28 Å². The Labute approximate surface area is 127 Å². The van der Waals surface area contributed by atoms with Gasteiger partial charge in [-0.1, -0.05) is 0 Å². The van der Waals surface area contributed by atoms with Gasteiger partial charge in [-0.2, -0.15) is 15.1 Å². The Morgan fingerprint density at radius 2 is 2.20 bits per heavy atom. The van der Waals surface area contributed by atoms with Crippen molar-refractivity contribution in [3.05, 3.63) is 34.2 Å². The van der Waals surface area contributed by atoms with Gasteiger partial charge in [-0.25, -0.2) is 0 Å². The number of hydrogen-bond acceptors (Lipinski definition) is 5. The smallest absolute Gasteiger partial charge is 0.226 e. The number of aromatic nitrogens is 4. The predicted molar refractivity (Wildman–Crippen MR) is 80.7 cm³/mol. The van der Waals surface area contributed by atoms with E-state index in [-0.39, 0.29) is 5.28 Å². The van der Waals surface area contributed by atoms with E-state index < -0.39 is 0 Å². The molecule has 0 amide bonds. The van der Waals surface area contributed by atoms with Crippen LogP contribution in [0.1, 0.15) is 0 Å². The molecule has 3 rings (SSSR count). The van der Waals surface area contributed by atoms with Gasteiger partial charge in [0.2, 0.25) is 5.28 Å². The Bertz CT molecular complexity index is 776. The molecule has 0 unspecified atom stereocenters. The first-order valence-corrected chi connectivity index (χ1v) is 6.81. The van der Waals surface area contributed by atoms with Crippen molar-refractivity contribution in [3.8, 4) is 5.75 Å². The van der Waals surface area contributed by atoms with Crippen LogP contribution in [0.15, 0.2) is 28.9 Å². The van der Waals surface area contributed by atoms with E-state index in [1.54, 1.807) is 13.3 Å². The van der Waals surface area contributed by atoms with E-state index in [2.05, 4.69) is 41.4 Å². The molecule has 3 aromatic rings. The average molecular weight is 355 g/mol. The van der Waals surface area contributed by atoms with Crippen molar-refractivity contribution in [2.45, 2.75) is 0 Å². The maximum Gasteiger partial charge on any atom is 0.226 e. The standard InChI is InChI=1S/C12H9BrClN5O/c1-20-9-4-6(2-3-8(9)13)16-10-7-5-15-19-11(7)18-12(14)17-10/h2-5H,1H3,(H2,15,16,17,18,19). The number of methoxy groups -OCH3 is 1. The molecule has 2 heterocycles. The van der Waals surface area contributed by atoms with E-state index in [4.69, 9.17) is 16.3 Å². The van der Waals surface area contributed by atoms with Crippen molar-refractivity contribution < 1.29 is 4.74 Å². The normalized spacial score (nSPS) is 10.8. The molecule has 0 atom stereocenters. The minimum absolute atomic E-state index is 0.147. The summed E-state index contributed by atoms with van der Waals surface area (Å²) in [6, 6.07) is 5.64. The second kappa shape index (κ2) is 5.26. The molecule has 8 heteroatoms. The monoisotopic (exact) mass is 353 g/mol. The average Bonchev–Trinajstić information content (AvgIpc) is 2.89. The van der Waals surface area contributed by atoms with Gasteiger partial charge >= 0.3 is 0 Å². The van der Waals surface area contributed by atoms with Gasteiger partial charge in [-0.15, -0.1) is 0 Å². The number of ether oxygens (including phenoxy) is 1. The number of H-pyrrole nitrogens is 1. The van der Waals surface area contributed by atoms with E-state index in [9.17, 15) is 0 Å². The number of nitrogens with one attached hydrogen (secondary N) is 2. The molecule has 2 aromatic heterocycles. The lowest BCUT2D eigenvalue weighted by Crippen LogP contribution is -1.97. The molecule has 1 aromatic carbocycles. The zero-order chi connectivity index (χ0) is 14.1. The fraction of sp³-hybridized carbons (Fsp3) is 0.0833. The third-order valence-electron chi connectivity index (χ3n) is 2.70. The van der Waals surface area contributed by atoms with Crippen LogP contribution in [-0.4, -0.2) is 27.3 Å². The number of anilines is 2. The number of halogens is 2. The zero-order valence-corrected chi connectivity index (χ0v) is 12.7. The van der Waals surface area contributed by atoms with Gasteiger partial charge in [0.15, 0.2) is 5.65 Å². The van der Waals surface area contributed by atoms with Gasteiger partial charge < -0.3 is 10.1 Å². The summed E-state index contributed by atoms with van der Waals surface area (Å²) in [5.41, 5.74) is 1.40. The first-order chi connectivity index (χ1) is 9.67. The molecule has 102 valence electrons. The van der Waals surface area contributed by atoms with Crippen LogP contribution in [0, 0.1) is 0 Å². The van der Waals surface area contributed by atoms with E-state index in [1.807, 2.05) is 18.2 Å². The number of hydrogen-bond donors (Lipinski definition) is 2. The van der Waals surface area contributed by atoms with Gasteiger partial charge in [0.25, 0.3) is 0 Å². The summed E-state index contributed by atoms with van der Waals surface area (Å²) in [5.74, 6) is 1.30. The van der Waals surface area contributed by atoms with Crippen LogP contribution >= 0.6 is 27.5 Å². The molecule has 0 aliphatic rings. The summed E-state index contributed by atoms with van der Waals surface area (Å²) in [4.78, 5) is 8.23. The van der Waals surface area contributed by atoms with Crippen LogP contribution in [0.5, 0.6) is 5.75 Å². The predicted octanol–water partition coefficient (Wildman–Crippen LogP) is 3.52. The lowest BCUT2D eigenvalue weighted by atomic mass is 10.3. The zero-order valence-electron chi connectivity index (χ0n) is 10.3. The molecule has 2 N–H and O–H groups in total. The number of fused-ring (bicyclic) bond motifs is 1. The van der Waals surface area contributed by atoms with Crippen molar-refractivity contribution >= 4 is 50.1 Å². The summed E-state index contributed by atoms with van der Waals surface area (Å²) in [6.45, 7) is 0. The SMILES string of the molecule is COc1cc(Nc2nc(Cl)nc3[nH]ncc23)ccc1Br. The summed E-state index contributed by atoms with van der Waals surface area (Å²) >= 11 is 9.30. The van der Waals surface area contributed by atoms with Gasteiger partial charge in [0, 0.05) is 11.8 Å². The van der Waals surface area contributed by atoms with Crippen LogP contribution in [0.3, 0.4) is 0 Å². The number of rotatable bonds is 3.